The van der Waals surface area contributed by atoms with Crippen LogP contribution in [0.1, 0.15) is 43.9 Å². The second-order valence-corrected chi connectivity index (χ2v) is 4.51. The molecule has 2 rings (SSSR count). The van der Waals surface area contributed by atoms with Gasteiger partial charge in [-0.3, -0.25) is 5.10 Å². The summed E-state index contributed by atoms with van der Waals surface area (Å²) in [5, 5.41) is 6.53. The minimum atomic E-state index is -2.34. The second kappa shape index (κ2) is 3.18. The van der Waals surface area contributed by atoms with Gasteiger partial charge in [0.05, 0.1) is 11.1 Å². The zero-order valence-electron chi connectivity index (χ0n) is 8.85. The summed E-state index contributed by atoms with van der Waals surface area (Å²) < 4.78 is 25.8. The number of hydrogen-bond donors (Lipinski definition) is 2. The van der Waals surface area contributed by atoms with Crippen molar-refractivity contribution >= 4 is 5.82 Å². The molecule has 1 aromatic rings. The molecule has 3 N–H and O–H groups in total. The van der Waals surface area contributed by atoms with Gasteiger partial charge in [0.1, 0.15) is 5.82 Å². The highest BCUT2D eigenvalue weighted by Gasteiger charge is 2.55. The monoisotopic (exact) mass is 215 g/mol. The third-order valence-electron chi connectivity index (χ3n) is 3.12. The first kappa shape index (κ1) is 10.4. The van der Waals surface area contributed by atoms with Crippen molar-refractivity contribution < 1.29 is 8.78 Å². The van der Waals surface area contributed by atoms with Crippen LogP contribution in [0, 0.1) is 0 Å². The number of rotatable bonds is 3. The van der Waals surface area contributed by atoms with Crippen LogP contribution in [-0.4, -0.2) is 16.6 Å². The number of aromatic amines is 1. The van der Waals surface area contributed by atoms with Crippen molar-refractivity contribution in [2.24, 2.45) is 0 Å². The number of anilines is 1. The predicted octanol–water partition coefficient (Wildman–Crippen LogP) is 2.41. The van der Waals surface area contributed by atoms with E-state index in [1.54, 1.807) is 0 Å². The molecule has 0 aliphatic heterocycles. The van der Waals surface area contributed by atoms with Gasteiger partial charge in [-0.2, -0.15) is 5.10 Å². The van der Waals surface area contributed by atoms with Gasteiger partial charge in [0.25, 0.3) is 0 Å². The van der Waals surface area contributed by atoms with E-state index >= 15 is 0 Å². The lowest BCUT2D eigenvalue weighted by Gasteiger charge is -2.16. The molecule has 5 heteroatoms. The highest BCUT2D eigenvalue weighted by atomic mass is 19.3. The summed E-state index contributed by atoms with van der Waals surface area (Å²) in [4.78, 5) is 0. The third-order valence-corrected chi connectivity index (χ3v) is 3.12. The summed E-state index contributed by atoms with van der Waals surface area (Å²) in [5.74, 6) is 0.474. The van der Waals surface area contributed by atoms with Crippen molar-refractivity contribution in [3.63, 3.8) is 0 Å². The van der Waals surface area contributed by atoms with Crippen molar-refractivity contribution in [3.8, 4) is 0 Å². The zero-order valence-corrected chi connectivity index (χ0v) is 8.85. The molecule has 3 nitrogen and oxygen atoms in total. The van der Waals surface area contributed by atoms with E-state index in [1.165, 1.54) is 0 Å². The quantitative estimate of drug-likeness (QED) is 0.813. The van der Waals surface area contributed by atoms with Gasteiger partial charge < -0.3 is 5.73 Å². The number of halogens is 2. The van der Waals surface area contributed by atoms with E-state index in [-0.39, 0.29) is 5.92 Å². The fraction of sp³-hybridized carbons (Fsp3) is 0.700. The van der Waals surface area contributed by atoms with Crippen LogP contribution < -0.4 is 5.73 Å². The number of nitrogens with zero attached hydrogens (tertiary/aromatic N) is 1. The Bertz CT molecular complexity index is 367. The number of hydrogen-bond acceptors (Lipinski definition) is 2. The Balaban J connectivity index is 2.45. The molecule has 15 heavy (non-hydrogen) atoms. The molecule has 0 bridgehead atoms. The lowest BCUT2D eigenvalue weighted by molar-refractivity contribution is 0.0992. The molecule has 0 atom stereocenters. The molecular weight excluding hydrogens is 200 g/mol. The highest BCUT2D eigenvalue weighted by Crippen LogP contribution is 2.54. The summed E-state index contributed by atoms with van der Waals surface area (Å²) in [6.45, 7) is 3.87. The van der Waals surface area contributed by atoms with Crippen molar-refractivity contribution in [2.75, 3.05) is 5.73 Å². The first-order chi connectivity index (χ1) is 6.99. The average Bonchev–Trinajstić information content (AvgIpc) is 2.85. The van der Waals surface area contributed by atoms with Crippen molar-refractivity contribution in [1.29, 1.82) is 0 Å². The molecular formula is C10H15F2N3. The van der Waals surface area contributed by atoms with Crippen LogP contribution in [-0.2, 0) is 5.41 Å². The number of nitrogens with one attached hydrogen (secondary N) is 1. The Morgan fingerprint density at radius 3 is 2.40 bits per heavy atom. The van der Waals surface area contributed by atoms with Crippen LogP contribution in [0.2, 0.25) is 0 Å². The lowest BCUT2D eigenvalue weighted by Crippen LogP contribution is -2.20. The minimum Gasteiger partial charge on any atom is -0.382 e. The van der Waals surface area contributed by atoms with E-state index in [0.29, 0.717) is 24.4 Å². The molecule has 1 aromatic heterocycles. The smallest absolute Gasteiger partial charge is 0.249 e. The lowest BCUT2D eigenvalue weighted by atomic mass is 9.93. The fourth-order valence-corrected chi connectivity index (χ4v) is 2.04. The summed E-state index contributed by atoms with van der Waals surface area (Å²) in [7, 11) is 0. The number of H-pyrrole nitrogens is 1. The maximum atomic E-state index is 12.9. The number of nitrogen functional groups attached to an aromatic ring is 1. The van der Waals surface area contributed by atoms with Gasteiger partial charge in [0.2, 0.25) is 6.43 Å². The Labute approximate surface area is 87.0 Å². The molecule has 0 radical (unpaired) electrons. The first-order valence-electron chi connectivity index (χ1n) is 5.11. The summed E-state index contributed by atoms with van der Waals surface area (Å²) >= 11 is 0. The van der Waals surface area contributed by atoms with E-state index in [1.807, 2.05) is 13.8 Å². The van der Waals surface area contributed by atoms with Gasteiger partial charge in [-0.05, 0) is 18.8 Å². The van der Waals surface area contributed by atoms with E-state index in [4.69, 9.17) is 5.73 Å². The van der Waals surface area contributed by atoms with Gasteiger partial charge in [0.15, 0.2) is 0 Å². The Hall–Kier alpha value is -1.13. The van der Waals surface area contributed by atoms with E-state index < -0.39 is 11.8 Å². The molecule has 1 heterocycles. The molecule has 1 aliphatic rings. The Kier molecular flexibility index (Phi) is 2.20. The molecule has 1 saturated carbocycles. The number of aromatic nitrogens is 2. The molecule has 84 valence electrons. The topological polar surface area (TPSA) is 54.7 Å². The summed E-state index contributed by atoms with van der Waals surface area (Å²) in [6.07, 6.45) is -1.30. The van der Waals surface area contributed by atoms with Gasteiger partial charge in [-0.15, -0.1) is 0 Å². The second-order valence-electron chi connectivity index (χ2n) is 4.51. The number of nitrogens with two attached hydrogens (primary N) is 1. The molecule has 0 spiro atoms. The molecule has 0 unspecified atom stereocenters. The van der Waals surface area contributed by atoms with Gasteiger partial charge in [-0.25, -0.2) is 8.78 Å². The normalized spacial score (nSPS) is 18.8. The van der Waals surface area contributed by atoms with E-state index in [2.05, 4.69) is 10.2 Å². The van der Waals surface area contributed by atoms with Crippen molar-refractivity contribution in [1.82, 2.24) is 10.2 Å². The fourth-order valence-electron chi connectivity index (χ4n) is 2.04. The zero-order chi connectivity index (χ0) is 11.2. The predicted molar refractivity (Wildman–Crippen MR) is 54.0 cm³/mol. The maximum Gasteiger partial charge on any atom is 0.249 e. The Morgan fingerprint density at radius 1 is 1.40 bits per heavy atom. The van der Waals surface area contributed by atoms with Crippen molar-refractivity contribution in [2.45, 2.75) is 44.4 Å². The van der Waals surface area contributed by atoms with Crippen LogP contribution in [0.15, 0.2) is 0 Å². The SMILES string of the molecule is CC(C)c1c(N)n[nH]c1C1(C(F)F)CC1. The number of alkyl halides is 2. The molecule has 0 aromatic carbocycles. The van der Waals surface area contributed by atoms with E-state index in [0.717, 1.165) is 5.56 Å². The largest absolute Gasteiger partial charge is 0.382 e. The molecule has 1 aliphatic carbocycles. The van der Waals surface area contributed by atoms with Crippen LogP contribution in [0.5, 0.6) is 0 Å². The Morgan fingerprint density at radius 2 is 2.00 bits per heavy atom. The first-order valence-corrected chi connectivity index (χ1v) is 5.11. The van der Waals surface area contributed by atoms with Crippen molar-refractivity contribution in [3.05, 3.63) is 11.3 Å². The van der Waals surface area contributed by atoms with Crippen LogP contribution >= 0.6 is 0 Å². The van der Waals surface area contributed by atoms with Crippen LogP contribution in [0.3, 0.4) is 0 Å². The summed E-state index contributed by atoms with van der Waals surface area (Å²) in [5.41, 5.74) is 5.99. The third kappa shape index (κ3) is 1.41. The van der Waals surface area contributed by atoms with Gasteiger partial charge >= 0.3 is 0 Å². The van der Waals surface area contributed by atoms with Crippen LogP contribution in [0.4, 0.5) is 14.6 Å². The van der Waals surface area contributed by atoms with Gasteiger partial charge in [0, 0.05) is 5.56 Å². The minimum absolute atomic E-state index is 0.120. The summed E-state index contributed by atoms with van der Waals surface area (Å²) in [6, 6.07) is 0. The molecule has 1 fully saturated rings. The molecule has 0 amide bonds. The standard InChI is InChI=1S/C10H15F2N3/c1-5(2)6-7(14-15-8(6)13)10(3-4-10)9(11)12/h5,9H,3-4H2,1-2H3,(H3,13,14,15). The average molecular weight is 215 g/mol. The van der Waals surface area contributed by atoms with Gasteiger partial charge in [-0.1, -0.05) is 13.8 Å². The molecule has 0 saturated heterocycles. The maximum absolute atomic E-state index is 12.9. The highest BCUT2D eigenvalue weighted by molar-refractivity contribution is 5.49. The van der Waals surface area contributed by atoms with E-state index in [9.17, 15) is 8.78 Å². The van der Waals surface area contributed by atoms with Crippen LogP contribution in [0.25, 0.3) is 0 Å².